The molecule has 0 aliphatic carbocycles. The van der Waals surface area contributed by atoms with Crippen LogP contribution in [0.4, 0.5) is 13.2 Å². The number of halogens is 3. The zero-order valence-corrected chi connectivity index (χ0v) is 14.5. The minimum Gasteiger partial charge on any atom is -0.339 e. The summed E-state index contributed by atoms with van der Waals surface area (Å²) in [6, 6.07) is 4.57. The zero-order valence-electron chi connectivity index (χ0n) is 13.7. The van der Waals surface area contributed by atoms with E-state index in [-0.39, 0.29) is 5.91 Å². The summed E-state index contributed by atoms with van der Waals surface area (Å²) in [6.07, 6.45) is 2.01. The molecule has 0 saturated carbocycles. The highest BCUT2D eigenvalue weighted by Crippen LogP contribution is 2.34. The Morgan fingerprint density at radius 3 is 2.60 bits per heavy atom. The number of rotatable bonds is 3. The standard InChI is InChI=1S/C17H18F3N3OS/c1-22-13(11-15(21-22)17(18,19)20)14-7-5-12(25-14)6-8-16(24)23-9-3-2-4-10-23/h5-8,11H,2-4,9-10H2,1H3/b8-6+. The maximum Gasteiger partial charge on any atom is 0.435 e. The Labute approximate surface area is 147 Å². The van der Waals surface area contributed by atoms with E-state index in [1.54, 1.807) is 18.2 Å². The average molecular weight is 369 g/mol. The Morgan fingerprint density at radius 2 is 1.96 bits per heavy atom. The molecule has 2 aromatic rings. The van der Waals surface area contributed by atoms with Gasteiger partial charge < -0.3 is 4.90 Å². The van der Waals surface area contributed by atoms with Gasteiger partial charge in [0.2, 0.25) is 5.91 Å². The molecular weight excluding hydrogens is 351 g/mol. The smallest absolute Gasteiger partial charge is 0.339 e. The first kappa shape index (κ1) is 17.7. The number of aromatic nitrogens is 2. The number of amides is 1. The third kappa shape index (κ3) is 4.12. The van der Waals surface area contributed by atoms with Gasteiger partial charge in [0.1, 0.15) is 0 Å². The van der Waals surface area contributed by atoms with Gasteiger partial charge in [-0.3, -0.25) is 9.48 Å². The summed E-state index contributed by atoms with van der Waals surface area (Å²) in [4.78, 5) is 15.4. The first-order valence-electron chi connectivity index (χ1n) is 8.03. The van der Waals surface area contributed by atoms with Crippen LogP contribution in [0.5, 0.6) is 0 Å². The van der Waals surface area contributed by atoms with Crippen molar-refractivity contribution in [1.82, 2.24) is 14.7 Å². The molecule has 0 N–H and O–H groups in total. The van der Waals surface area contributed by atoms with Crippen molar-refractivity contribution in [3.05, 3.63) is 34.8 Å². The topological polar surface area (TPSA) is 38.1 Å². The lowest BCUT2D eigenvalue weighted by molar-refractivity contribution is -0.141. The van der Waals surface area contributed by atoms with Crippen LogP contribution in [0.2, 0.25) is 0 Å². The van der Waals surface area contributed by atoms with Gasteiger partial charge in [-0.05, 0) is 43.5 Å². The average Bonchev–Trinajstić information content (AvgIpc) is 3.19. The molecule has 0 atom stereocenters. The maximum absolute atomic E-state index is 12.8. The molecule has 2 aromatic heterocycles. The molecule has 3 heterocycles. The summed E-state index contributed by atoms with van der Waals surface area (Å²) in [7, 11) is 1.49. The first-order valence-corrected chi connectivity index (χ1v) is 8.85. The van der Waals surface area contributed by atoms with Gasteiger partial charge >= 0.3 is 6.18 Å². The van der Waals surface area contributed by atoms with Gasteiger partial charge in [0, 0.05) is 31.1 Å². The van der Waals surface area contributed by atoms with Crippen LogP contribution in [-0.2, 0) is 18.0 Å². The van der Waals surface area contributed by atoms with E-state index in [1.165, 1.54) is 29.1 Å². The van der Waals surface area contributed by atoms with Gasteiger partial charge in [-0.25, -0.2) is 0 Å². The van der Waals surface area contributed by atoms with Gasteiger partial charge in [-0.1, -0.05) is 0 Å². The number of thiophene rings is 1. The van der Waals surface area contributed by atoms with E-state index < -0.39 is 11.9 Å². The fourth-order valence-electron chi connectivity index (χ4n) is 2.79. The minimum absolute atomic E-state index is 0.0189. The number of piperidine rings is 1. The van der Waals surface area contributed by atoms with Gasteiger partial charge in [-0.2, -0.15) is 18.3 Å². The molecule has 0 unspecified atom stereocenters. The molecule has 3 rings (SSSR count). The van der Waals surface area contributed by atoms with E-state index in [9.17, 15) is 18.0 Å². The maximum atomic E-state index is 12.8. The van der Waals surface area contributed by atoms with Crippen LogP contribution in [-0.4, -0.2) is 33.7 Å². The van der Waals surface area contributed by atoms with Crippen molar-refractivity contribution in [2.75, 3.05) is 13.1 Å². The Hall–Kier alpha value is -2.09. The van der Waals surface area contributed by atoms with E-state index in [2.05, 4.69) is 5.10 Å². The lowest BCUT2D eigenvalue weighted by atomic mass is 10.1. The molecule has 134 valence electrons. The second kappa shape index (κ2) is 7.03. The molecule has 8 heteroatoms. The van der Waals surface area contributed by atoms with Crippen LogP contribution < -0.4 is 0 Å². The van der Waals surface area contributed by atoms with Crippen molar-refractivity contribution < 1.29 is 18.0 Å². The predicted octanol–water partition coefficient (Wildman–Crippen LogP) is 4.19. The van der Waals surface area contributed by atoms with E-state index in [0.717, 1.165) is 43.3 Å². The van der Waals surface area contributed by atoms with Crippen LogP contribution in [0.3, 0.4) is 0 Å². The predicted molar refractivity (Wildman–Crippen MR) is 91.0 cm³/mol. The summed E-state index contributed by atoms with van der Waals surface area (Å²) in [5.41, 5.74) is -0.505. The monoisotopic (exact) mass is 369 g/mol. The number of hydrogen-bond acceptors (Lipinski definition) is 3. The summed E-state index contributed by atoms with van der Waals surface area (Å²) < 4.78 is 39.5. The summed E-state index contributed by atoms with van der Waals surface area (Å²) >= 11 is 1.33. The van der Waals surface area contributed by atoms with Crippen molar-refractivity contribution in [3.63, 3.8) is 0 Å². The second-order valence-corrected chi connectivity index (χ2v) is 7.07. The quantitative estimate of drug-likeness (QED) is 0.761. The van der Waals surface area contributed by atoms with Crippen molar-refractivity contribution in [1.29, 1.82) is 0 Å². The number of likely N-dealkylation sites (tertiary alicyclic amines) is 1. The number of nitrogens with zero attached hydrogens (tertiary/aromatic N) is 3. The Kier molecular flexibility index (Phi) is 4.99. The molecular formula is C17H18F3N3OS. The number of carbonyl (C=O) groups excluding carboxylic acids is 1. The third-order valence-corrected chi connectivity index (χ3v) is 5.18. The van der Waals surface area contributed by atoms with Gasteiger partial charge in [0.05, 0.1) is 10.6 Å². The van der Waals surface area contributed by atoms with Crippen LogP contribution in [0.15, 0.2) is 24.3 Å². The molecule has 25 heavy (non-hydrogen) atoms. The molecule has 0 spiro atoms. The van der Waals surface area contributed by atoms with Crippen LogP contribution >= 0.6 is 11.3 Å². The molecule has 0 bridgehead atoms. The summed E-state index contributed by atoms with van der Waals surface area (Å²) in [5.74, 6) is -0.0189. The second-order valence-electron chi connectivity index (χ2n) is 5.96. The molecule has 1 aliphatic heterocycles. The molecule has 1 saturated heterocycles. The number of alkyl halides is 3. The van der Waals surface area contributed by atoms with Gasteiger partial charge in [-0.15, -0.1) is 11.3 Å². The number of carbonyl (C=O) groups is 1. The first-order chi connectivity index (χ1) is 11.8. The lowest BCUT2D eigenvalue weighted by Crippen LogP contribution is -2.34. The minimum atomic E-state index is -4.46. The molecule has 1 amide bonds. The molecule has 4 nitrogen and oxygen atoms in total. The Balaban J connectivity index is 1.73. The largest absolute Gasteiger partial charge is 0.435 e. The van der Waals surface area contributed by atoms with E-state index in [4.69, 9.17) is 0 Å². The highest BCUT2D eigenvalue weighted by molar-refractivity contribution is 7.16. The molecule has 1 aliphatic rings. The van der Waals surface area contributed by atoms with Crippen LogP contribution in [0.1, 0.15) is 29.8 Å². The van der Waals surface area contributed by atoms with E-state index in [1.807, 2.05) is 4.90 Å². The SMILES string of the molecule is Cn1nc(C(F)(F)F)cc1-c1ccc(/C=C/C(=O)N2CCCCC2)s1. The zero-order chi connectivity index (χ0) is 18.0. The summed E-state index contributed by atoms with van der Waals surface area (Å²) in [6.45, 7) is 1.57. The normalized spacial score (nSPS) is 15.9. The lowest BCUT2D eigenvalue weighted by Gasteiger charge is -2.25. The van der Waals surface area contributed by atoms with E-state index in [0.29, 0.717) is 10.6 Å². The highest BCUT2D eigenvalue weighted by atomic mass is 32.1. The van der Waals surface area contributed by atoms with Crippen molar-refractivity contribution in [2.24, 2.45) is 7.05 Å². The van der Waals surface area contributed by atoms with Crippen molar-refractivity contribution >= 4 is 23.3 Å². The molecule has 0 aromatic carbocycles. The van der Waals surface area contributed by atoms with Crippen molar-refractivity contribution in [3.8, 4) is 10.6 Å². The number of hydrogen-bond donors (Lipinski definition) is 0. The Bertz CT molecular complexity index is 785. The van der Waals surface area contributed by atoms with Gasteiger partial charge in [0.15, 0.2) is 5.69 Å². The Morgan fingerprint density at radius 1 is 1.24 bits per heavy atom. The molecule has 0 radical (unpaired) electrons. The van der Waals surface area contributed by atoms with Crippen LogP contribution in [0.25, 0.3) is 16.6 Å². The number of aryl methyl sites for hydroxylation is 1. The van der Waals surface area contributed by atoms with Crippen LogP contribution in [0, 0.1) is 0 Å². The highest BCUT2D eigenvalue weighted by Gasteiger charge is 2.34. The molecule has 1 fully saturated rings. The third-order valence-electron chi connectivity index (χ3n) is 4.11. The summed E-state index contributed by atoms with van der Waals surface area (Å²) in [5, 5.41) is 3.52. The van der Waals surface area contributed by atoms with Crippen molar-refractivity contribution in [2.45, 2.75) is 25.4 Å². The van der Waals surface area contributed by atoms with E-state index >= 15 is 0 Å². The fourth-order valence-corrected chi connectivity index (χ4v) is 3.75. The van der Waals surface area contributed by atoms with Gasteiger partial charge in [0.25, 0.3) is 0 Å². The fraction of sp³-hybridized carbons (Fsp3) is 0.412.